The largest absolute Gasteiger partial charge is 0.490 e. The molecule has 4 rings (SSSR count). The van der Waals surface area contributed by atoms with E-state index >= 15 is 0 Å². The highest BCUT2D eigenvalue weighted by Gasteiger charge is 2.38. The Morgan fingerprint density at radius 3 is 2.43 bits per heavy atom. The van der Waals surface area contributed by atoms with E-state index in [1.165, 1.54) is 12.1 Å². The zero-order chi connectivity index (χ0) is 21.7. The van der Waals surface area contributed by atoms with Crippen molar-refractivity contribution in [1.29, 1.82) is 0 Å². The third-order valence-corrected chi connectivity index (χ3v) is 5.03. The van der Waals surface area contributed by atoms with Crippen molar-refractivity contribution in [2.24, 2.45) is 5.92 Å². The van der Waals surface area contributed by atoms with Crippen molar-refractivity contribution in [1.82, 2.24) is 14.5 Å². The average molecular weight is 425 g/mol. The zero-order valence-electron chi connectivity index (χ0n) is 16.1. The van der Waals surface area contributed by atoms with Crippen molar-refractivity contribution in [2.45, 2.75) is 44.6 Å². The number of hydrogen-bond donors (Lipinski definition) is 1. The second-order valence-electron chi connectivity index (χ2n) is 7.21. The summed E-state index contributed by atoms with van der Waals surface area (Å²) in [6.07, 6.45) is 1.85. The molecular weight excluding hydrogens is 403 g/mol. The Morgan fingerprint density at radius 2 is 1.87 bits per heavy atom. The van der Waals surface area contributed by atoms with Gasteiger partial charge in [0.2, 0.25) is 11.8 Å². The van der Waals surface area contributed by atoms with Gasteiger partial charge in [0.15, 0.2) is 0 Å². The van der Waals surface area contributed by atoms with E-state index < -0.39 is 12.1 Å². The quantitative estimate of drug-likeness (QED) is 0.817. The van der Waals surface area contributed by atoms with E-state index in [2.05, 4.69) is 21.8 Å². The molecule has 10 heteroatoms. The lowest BCUT2D eigenvalue weighted by atomic mass is 9.84. The fourth-order valence-electron chi connectivity index (χ4n) is 3.30. The third-order valence-electron chi connectivity index (χ3n) is 5.03. The first kappa shape index (κ1) is 21.7. The first-order valence-electron chi connectivity index (χ1n) is 9.54. The van der Waals surface area contributed by atoms with E-state index in [9.17, 15) is 18.0 Å². The zero-order valence-corrected chi connectivity index (χ0v) is 16.1. The molecular formula is C20H22F3N3O4. The number of carbonyl (C=O) groups excluding carboxylic acids is 1. The Balaban J connectivity index is 0.000000318. The molecule has 0 bridgehead atoms. The number of carboxylic acids is 1. The number of aromatic nitrogens is 2. The normalized spacial score (nSPS) is 18.9. The molecule has 1 aliphatic carbocycles. The fraction of sp³-hybridized carbons (Fsp3) is 0.450. The maximum absolute atomic E-state index is 12.7. The molecule has 0 aromatic carbocycles. The lowest BCUT2D eigenvalue weighted by Crippen LogP contribution is -2.43. The number of amides is 1. The van der Waals surface area contributed by atoms with Crippen LogP contribution < -0.4 is 4.74 Å². The van der Waals surface area contributed by atoms with Crippen LogP contribution in [-0.4, -0.2) is 50.3 Å². The first-order valence-corrected chi connectivity index (χ1v) is 9.54. The Morgan fingerprint density at radius 1 is 1.13 bits per heavy atom. The van der Waals surface area contributed by atoms with Crippen LogP contribution in [0.25, 0.3) is 0 Å². The number of carboxylic acid groups (broad SMARTS) is 1. The van der Waals surface area contributed by atoms with Crippen molar-refractivity contribution >= 4 is 11.9 Å². The van der Waals surface area contributed by atoms with Gasteiger partial charge in [-0.05, 0) is 31.0 Å². The maximum Gasteiger partial charge on any atom is 0.490 e. The molecule has 1 fully saturated rings. The van der Waals surface area contributed by atoms with Crippen molar-refractivity contribution in [3.63, 3.8) is 0 Å². The second kappa shape index (κ2) is 9.19. The van der Waals surface area contributed by atoms with Crippen LogP contribution in [0, 0.1) is 5.92 Å². The van der Waals surface area contributed by atoms with E-state index in [-0.39, 0.29) is 17.9 Å². The average Bonchev–Trinajstić information content (AvgIpc) is 2.99. The van der Waals surface area contributed by atoms with Crippen LogP contribution >= 0.6 is 0 Å². The van der Waals surface area contributed by atoms with Crippen LogP contribution in [0.1, 0.15) is 25.0 Å². The van der Waals surface area contributed by atoms with Crippen molar-refractivity contribution < 1.29 is 32.6 Å². The van der Waals surface area contributed by atoms with Crippen molar-refractivity contribution in [2.75, 3.05) is 6.54 Å². The molecule has 2 aromatic rings. The summed E-state index contributed by atoms with van der Waals surface area (Å²) in [5.41, 5.74) is 1.17. The third kappa shape index (κ3) is 5.52. The highest BCUT2D eigenvalue weighted by atomic mass is 19.4. The lowest BCUT2D eigenvalue weighted by Gasteiger charge is -2.32. The molecule has 1 atom stereocenters. The van der Waals surface area contributed by atoms with Gasteiger partial charge in [-0.2, -0.15) is 13.2 Å². The predicted molar refractivity (Wildman–Crippen MR) is 99.5 cm³/mol. The lowest BCUT2D eigenvalue weighted by molar-refractivity contribution is -0.192. The summed E-state index contributed by atoms with van der Waals surface area (Å²) in [5.74, 6) is -1.65. The Hall–Kier alpha value is -3.04. The standard InChI is InChI=1S/C18H21N3O2.C2HF3O2/c22-18(14-5-3-6-14)21-11-15-7-4-10-20(15)12-16(13-21)23-17-8-1-2-9-19-17;3-2(4,5)1(6)7/h1-2,4,7-10,14,16H,3,5-6,11-13H2;(H,6,7). The number of rotatable bonds is 3. The Kier molecular flexibility index (Phi) is 6.63. The molecule has 1 N–H and O–H groups in total. The fourth-order valence-corrected chi connectivity index (χ4v) is 3.30. The molecule has 0 saturated heterocycles. The molecule has 0 spiro atoms. The molecule has 2 aromatic heterocycles. The summed E-state index contributed by atoms with van der Waals surface area (Å²) >= 11 is 0. The second-order valence-corrected chi connectivity index (χ2v) is 7.21. The molecule has 1 saturated carbocycles. The number of aliphatic carboxylic acids is 1. The molecule has 30 heavy (non-hydrogen) atoms. The van der Waals surface area contributed by atoms with Crippen LogP contribution in [-0.2, 0) is 22.7 Å². The summed E-state index contributed by atoms with van der Waals surface area (Å²) in [5, 5.41) is 7.12. The SMILES string of the molecule is O=C(C1CCC1)N1Cc2cccn2CC(Oc2ccccn2)C1.O=C(O)C(F)(F)F. The minimum atomic E-state index is -5.08. The highest BCUT2D eigenvalue weighted by Crippen LogP contribution is 2.30. The van der Waals surface area contributed by atoms with Gasteiger partial charge >= 0.3 is 12.1 Å². The number of fused-ring (bicyclic) bond motifs is 1. The molecule has 1 unspecified atom stereocenters. The van der Waals surface area contributed by atoms with Gasteiger partial charge < -0.3 is 19.3 Å². The first-order chi connectivity index (χ1) is 14.2. The molecule has 1 amide bonds. The maximum atomic E-state index is 12.7. The van der Waals surface area contributed by atoms with Gasteiger partial charge in [-0.15, -0.1) is 0 Å². The van der Waals surface area contributed by atoms with Gasteiger partial charge in [0, 0.05) is 30.1 Å². The molecule has 0 radical (unpaired) electrons. The van der Waals surface area contributed by atoms with Crippen LogP contribution in [0.5, 0.6) is 5.88 Å². The Labute approximate surface area is 171 Å². The number of halogens is 3. The van der Waals surface area contributed by atoms with E-state index in [1.807, 2.05) is 29.2 Å². The summed E-state index contributed by atoms with van der Waals surface area (Å²) < 4.78 is 40.0. The highest BCUT2D eigenvalue weighted by molar-refractivity contribution is 5.79. The van der Waals surface area contributed by atoms with Gasteiger partial charge in [0.25, 0.3) is 0 Å². The number of hydrogen-bond acceptors (Lipinski definition) is 4. The van der Waals surface area contributed by atoms with E-state index in [1.54, 1.807) is 6.20 Å². The van der Waals surface area contributed by atoms with Crippen LogP contribution in [0.2, 0.25) is 0 Å². The van der Waals surface area contributed by atoms with Gasteiger partial charge in [0.1, 0.15) is 6.10 Å². The van der Waals surface area contributed by atoms with Crippen LogP contribution in [0.3, 0.4) is 0 Å². The van der Waals surface area contributed by atoms with E-state index in [0.29, 0.717) is 19.0 Å². The molecule has 3 heterocycles. The summed E-state index contributed by atoms with van der Waals surface area (Å²) in [6, 6.07) is 9.77. The monoisotopic (exact) mass is 425 g/mol. The van der Waals surface area contributed by atoms with E-state index in [0.717, 1.165) is 19.4 Å². The predicted octanol–water partition coefficient (Wildman–Crippen LogP) is 3.11. The summed E-state index contributed by atoms with van der Waals surface area (Å²) in [6.45, 7) is 2.03. The smallest absolute Gasteiger partial charge is 0.475 e. The number of alkyl halides is 3. The van der Waals surface area contributed by atoms with Gasteiger partial charge in [-0.3, -0.25) is 4.79 Å². The van der Waals surface area contributed by atoms with Gasteiger partial charge in [-0.25, -0.2) is 9.78 Å². The number of ether oxygens (including phenoxy) is 1. The Bertz CT molecular complexity index is 866. The number of carbonyl (C=O) groups is 2. The summed E-state index contributed by atoms with van der Waals surface area (Å²) in [7, 11) is 0. The van der Waals surface area contributed by atoms with Crippen molar-refractivity contribution in [3.8, 4) is 5.88 Å². The minimum absolute atomic E-state index is 0.0809. The molecule has 162 valence electrons. The van der Waals surface area contributed by atoms with Crippen molar-refractivity contribution in [3.05, 3.63) is 48.4 Å². The summed E-state index contributed by atoms with van der Waals surface area (Å²) in [4.78, 5) is 27.8. The topological polar surface area (TPSA) is 84.7 Å². The number of pyridine rings is 1. The molecule has 7 nitrogen and oxygen atoms in total. The number of nitrogens with zero attached hydrogens (tertiary/aromatic N) is 3. The van der Waals surface area contributed by atoms with E-state index in [4.69, 9.17) is 14.6 Å². The van der Waals surface area contributed by atoms with Gasteiger partial charge in [-0.1, -0.05) is 12.5 Å². The van der Waals surface area contributed by atoms with Crippen LogP contribution in [0.15, 0.2) is 42.7 Å². The molecule has 2 aliphatic rings. The van der Waals surface area contributed by atoms with Crippen LogP contribution in [0.4, 0.5) is 13.2 Å². The van der Waals surface area contributed by atoms with Gasteiger partial charge in [0.05, 0.1) is 19.6 Å². The minimum Gasteiger partial charge on any atom is -0.475 e. The molecule has 1 aliphatic heterocycles.